The minimum absolute atomic E-state index is 0.111. The van der Waals surface area contributed by atoms with Crippen molar-refractivity contribution in [3.05, 3.63) is 72.3 Å². The zero-order valence-corrected chi connectivity index (χ0v) is 14.1. The van der Waals surface area contributed by atoms with Crippen molar-refractivity contribution in [1.82, 2.24) is 4.90 Å². The van der Waals surface area contributed by atoms with E-state index in [1.165, 1.54) is 22.3 Å². The summed E-state index contributed by atoms with van der Waals surface area (Å²) in [6.07, 6.45) is 2.35. The van der Waals surface area contributed by atoms with Gasteiger partial charge in [0.2, 0.25) is 0 Å². The maximum Gasteiger partial charge on any atom is 0.409 e. The van der Waals surface area contributed by atoms with Crippen molar-refractivity contribution in [1.29, 1.82) is 0 Å². The molecular formula is C21H23NO2. The highest BCUT2D eigenvalue weighted by Gasteiger charge is 2.29. The Morgan fingerprint density at radius 2 is 1.71 bits per heavy atom. The normalized spacial score (nSPS) is 12.4. The van der Waals surface area contributed by atoms with Gasteiger partial charge in [-0.3, -0.25) is 0 Å². The predicted octanol–water partition coefficient (Wildman–Crippen LogP) is 4.83. The molecule has 24 heavy (non-hydrogen) atoms. The van der Waals surface area contributed by atoms with Gasteiger partial charge in [-0.25, -0.2) is 4.79 Å². The molecular weight excluding hydrogens is 298 g/mol. The molecule has 0 radical (unpaired) electrons. The van der Waals surface area contributed by atoms with Crippen molar-refractivity contribution in [3.8, 4) is 11.1 Å². The summed E-state index contributed by atoms with van der Waals surface area (Å²) in [5, 5.41) is 0. The lowest BCUT2D eigenvalue weighted by molar-refractivity contribution is 0.102. The number of hydrogen-bond donors (Lipinski definition) is 0. The molecule has 0 atom stereocenters. The molecule has 3 nitrogen and oxygen atoms in total. The van der Waals surface area contributed by atoms with Gasteiger partial charge >= 0.3 is 6.09 Å². The number of carbonyl (C=O) groups excluding carboxylic acids is 1. The van der Waals surface area contributed by atoms with E-state index >= 15 is 0 Å². The predicted molar refractivity (Wildman–Crippen MR) is 97.1 cm³/mol. The van der Waals surface area contributed by atoms with Crippen molar-refractivity contribution in [2.45, 2.75) is 19.3 Å². The Balaban J connectivity index is 1.76. The lowest BCUT2D eigenvalue weighted by Gasteiger charge is -2.21. The molecule has 1 amide bonds. The second-order valence-corrected chi connectivity index (χ2v) is 5.96. The Morgan fingerprint density at radius 1 is 1.12 bits per heavy atom. The maximum absolute atomic E-state index is 12.3. The summed E-state index contributed by atoms with van der Waals surface area (Å²) < 4.78 is 5.64. The third-order valence-electron chi connectivity index (χ3n) is 4.58. The standard InChI is InChI=1S/C21H23NO2/c1-3-5-14-22(4-2)21(23)24-15-20-18-12-8-6-10-16(18)17-11-7-9-13-19(17)20/h3,6-13,20H,1,4-5,14-15H2,2H3. The molecule has 0 N–H and O–H groups in total. The summed E-state index contributed by atoms with van der Waals surface area (Å²) in [4.78, 5) is 14.0. The van der Waals surface area contributed by atoms with E-state index in [4.69, 9.17) is 4.74 Å². The van der Waals surface area contributed by atoms with Crippen LogP contribution >= 0.6 is 0 Å². The second-order valence-electron chi connectivity index (χ2n) is 5.96. The molecule has 0 unspecified atom stereocenters. The molecule has 3 rings (SSSR count). The smallest absolute Gasteiger partial charge is 0.409 e. The van der Waals surface area contributed by atoms with E-state index in [0.29, 0.717) is 19.7 Å². The van der Waals surface area contributed by atoms with Gasteiger partial charge in [0.1, 0.15) is 6.61 Å². The van der Waals surface area contributed by atoms with Crippen LogP contribution in [0.15, 0.2) is 61.2 Å². The fourth-order valence-corrected chi connectivity index (χ4v) is 3.31. The Kier molecular flexibility index (Phi) is 4.99. The molecule has 2 aromatic rings. The van der Waals surface area contributed by atoms with Gasteiger partial charge in [-0.1, -0.05) is 54.6 Å². The SMILES string of the molecule is C=CCCN(CC)C(=O)OCC1c2ccccc2-c2ccccc21. The van der Waals surface area contributed by atoms with Crippen LogP contribution in [0.1, 0.15) is 30.4 Å². The van der Waals surface area contributed by atoms with E-state index in [9.17, 15) is 4.79 Å². The molecule has 1 aliphatic carbocycles. The fraction of sp³-hybridized carbons (Fsp3) is 0.286. The summed E-state index contributed by atoms with van der Waals surface area (Å²) in [7, 11) is 0. The molecule has 3 heteroatoms. The van der Waals surface area contributed by atoms with Crippen LogP contribution in [0.3, 0.4) is 0 Å². The lowest BCUT2D eigenvalue weighted by Crippen LogP contribution is -2.33. The number of rotatable bonds is 6. The molecule has 2 aromatic carbocycles. The monoisotopic (exact) mass is 321 g/mol. The zero-order valence-electron chi connectivity index (χ0n) is 14.1. The Hall–Kier alpha value is -2.55. The molecule has 1 aliphatic rings. The summed E-state index contributed by atoms with van der Waals surface area (Å²) in [5.74, 6) is 0.111. The van der Waals surface area contributed by atoms with Gasteiger partial charge in [-0.05, 0) is 35.6 Å². The van der Waals surface area contributed by atoms with E-state index in [1.807, 2.05) is 25.1 Å². The van der Waals surface area contributed by atoms with E-state index in [0.717, 1.165) is 6.42 Å². The van der Waals surface area contributed by atoms with Gasteiger partial charge in [-0.15, -0.1) is 6.58 Å². The van der Waals surface area contributed by atoms with Gasteiger partial charge in [-0.2, -0.15) is 0 Å². The van der Waals surface area contributed by atoms with Crippen LogP contribution in [0, 0.1) is 0 Å². The van der Waals surface area contributed by atoms with Gasteiger partial charge in [0, 0.05) is 19.0 Å². The number of carbonyl (C=O) groups is 1. The largest absolute Gasteiger partial charge is 0.448 e. The third kappa shape index (κ3) is 3.07. The van der Waals surface area contributed by atoms with Crippen molar-refractivity contribution in [3.63, 3.8) is 0 Å². The van der Waals surface area contributed by atoms with Crippen molar-refractivity contribution in [2.24, 2.45) is 0 Å². The third-order valence-corrected chi connectivity index (χ3v) is 4.58. The number of fused-ring (bicyclic) bond motifs is 3. The molecule has 0 saturated carbocycles. The van der Waals surface area contributed by atoms with Crippen LogP contribution in [0.25, 0.3) is 11.1 Å². The molecule has 0 fully saturated rings. The number of nitrogens with zero attached hydrogens (tertiary/aromatic N) is 1. The molecule has 0 heterocycles. The lowest BCUT2D eigenvalue weighted by atomic mass is 9.98. The van der Waals surface area contributed by atoms with E-state index in [-0.39, 0.29) is 12.0 Å². The Morgan fingerprint density at radius 3 is 2.25 bits per heavy atom. The van der Waals surface area contributed by atoms with Crippen molar-refractivity contribution in [2.75, 3.05) is 19.7 Å². The molecule has 0 bridgehead atoms. The Labute approximate surface area is 143 Å². The highest BCUT2D eigenvalue weighted by molar-refractivity contribution is 5.79. The first-order chi connectivity index (χ1) is 11.8. The number of hydrogen-bond acceptors (Lipinski definition) is 2. The molecule has 0 aromatic heterocycles. The molecule has 0 saturated heterocycles. The summed E-state index contributed by atoms with van der Waals surface area (Å²) >= 11 is 0. The minimum Gasteiger partial charge on any atom is -0.448 e. The number of benzene rings is 2. The van der Waals surface area contributed by atoms with Gasteiger partial charge in [0.25, 0.3) is 0 Å². The second kappa shape index (κ2) is 7.35. The van der Waals surface area contributed by atoms with Gasteiger partial charge < -0.3 is 9.64 Å². The first-order valence-electron chi connectivity index (χ1n) is 8.47. The van der Waals surface area contributed by atoms with Crippen LogP contribution < -0.4 is 0 Å². The summed E-state index contributed by atoms with van der Waals surface area (Å²) in [5.41, 5.74) is 4.96. The average Bonchev–Trinajstić information content (AvgIpc) is 2.94. The molecule has 124 valence electrons. The van der Waals surface area contributed by atoms with Crippen molar-refractivity contribution >= 4 is 6.09 Å². The van der Waals surface area contributed by atoms with Crippen LogP contribution in [-0.2, 0) is 4.74 Å². The number of amides is 1. The first kappa shape index (κ1) is 16.3. The quantitative estimate of drug-likeness (QED) is 0.713. The van der Waals surface area contributed by atoms with E-state index in [2.05, 4.69) is 43.0 Å². The minimum atomic E-state index is -0.249. The van der Waals surface area contributed by atoms with E-state index < -0.39 is 0 Å². The van der Waals surface area contributed by atoms with Crippen LogP contribution in [0.5, 0.6) is 0 Å². The van der Waals surface area contributed by atoms with Gasteiger partial charge in [0.15, 0.2) is 0 Å². The zero-order chi connectivity index (χ0) is 16.9. The molecule has 0 aliphatic heterocycles. The molecule has 0 spiro atoms. The summed E-state index contributed by atoms with van der Waals surface area (Å²) in [6, 6.07) is 16.7. The van der Waals surface area contributed by atoms with E-state index in [1.54, 1.807) is 4.90 Å². The fourth-order valence-electron chi connectivity index (χ4n) is 3.31. The highest BCUT2D eigenvalue weighted by Crippen LogP contribution is 2.44. The highest BCUT2D eigenvalue weighted by atomic mass is 16.6. The number of ether oxygens (including phenoxy) is 1. The Bertz CT molecular complexity index is 693. The van der Waals surface area contributed by atoms with Crippen LogP contribution in [-0.4, -0.2) is 30.7 Å². The van der Waals surface area contributed by atoms with Crippen LogP contribution in [0.2, 0.25) is 0 Å². The van der Waals surface area contributed by atoms with Crippen molar-refractivity contribution < 1.29 is 9.53 Å². The average molecular weight is 321 g/mol. The topological polar surface area (TPSA) is 29.5 Å². The van der Waals surface area contributed by atoms with Crippen LogP contribution in [0.4, 0.5) is 4.79 Å². The van der Waals surface area contributed by atoms with Gasteiger partial charge in [0.05, 0.1) is 0 Å². The maximum atomic E-state index is 12.3. The first-order valence-corrected chi connectivity index (χ1v) is 8.47. The summed E-state index contributed by atoms with van der Waals surface area (Å²) in [6.45, 7) is 7.33.